The molecule has 0 aliphatic heterocycles. The maximum Gasteiger partial charge on any atom is 0.186 e. The van der Waals surface area contributed by atoms with Crippen LogP contribution in [0.4, 0.5) is 0 Å². The van der Waals surface area contributed by atoms with Crippen LogP contribution < -0.4 is 0 Å². The van der Waals surface area contributed by atoms with Crippen LogP contribution in [0.1, 0.15) is 34.2 Å². The molecule has 0 bridgehead atoms. The molecule has 2 aromatic heterocycles. The number of hydrogen-bond donors (Lipinski definition) is 2. The molecule has 216 valence electrons. The van der Waals surface area contributed by atoms with Gasteiger partial charge in [-0.05, 0) is 96.5 Å². The highest BCUT2D eigenvalue weighted by Crippen LogP contribution is 2.28. The highest BCUT2D eigenvalue weighted by molar-refractivity contribution is 5.92. The van der Waals surface area contributed by atoms with Gasteiger partial charge in [-0.2, -0.15) is 0 Å². The molecule has 4 heteroatoms. The molecule has 1 aliphatic rings. The normalized spacial score (nSPS) is 18.0. The second-order valence-corrected chi connectivity index (χ2v) is 10.7. The minimum Gasteiger partial charge on any atom is -0.438 e. The van der Waals surface area contributed by atoms with E-state index in [2.05, 4.69) is 47.4 Å². The van der Waals surface area contributed by atoms with E-state index in [1.54, 1.807) is 0 Å². The molecule has 1 aliphatic carbocycles. The second-order valence-electron chi connectivity index (χ2n) is 10.7. The van der Waals surface area contributed by atoms with Crippen LogP contribution in [-0.4, -0.2) is 21.4 Å². The van der Waals surface area contributed by atoms with Crippen molar-refractivity contribution >= 4 is 21.5 Å². The molecular weight excluding hydrogens is 568 g/mol. The molecule has 46 heavy (non-hydrogen) atoms. The van der Waals surface area contributed by atoms with Gasteiger partial charge in [-0.25, -0.2) is 0 Å². The van der Waals surface area contributed by atoms with Gasteiger partial charge in [0.1, 0.15) is 0 Å². The zero-order valence-electron chi connectivity index (χ0n) is 24.4. The number of furan rings is 2. The van der Waals surface area contributed by atoms with E-state index in [1.807, 2.05) is 109 Å². The zero-order chi connectivity index (χ0) is 31.4. The molecule has 0 fully saturated rings. The van der Waals surface area contributed by atoms with Gasteiger partial charge in [0, 0.05) is 32.7 Å². The molecule has 0 atom stereocenters. The lowest BCUT2D eigenvalue weighted by Crippen LogP contribution is -2.31. The molecule has 0 unspecified atom stereocenters. The van der Waals surface area contributed by atoms with Gasteiger partial charge in [0.05, 0.1) is 0 Å². The van der Waals surface area contributed by atoms with Gasteiger partial charge in [-0.1, -0.05) is 84.3 Å². The van der Waals surface area contributed by atoms with Crippen molar-refractivity contribution < 1.29 is 19.0 Å². The van der Waals surface area contributed by atoms with E-state index in [4.69, 9.17) is 8.83 Å². The van der Waals surface area contributed by atoms with E-state index in [1.165, 1.54) is 24.3 Å². The molecule has 7 rings (SSSR count). The fourth-order valence-corrected chi connectivity index (χ4v) is 4.95. The molecule has 4 aromatic carbocycles. The summed E-state index contributed by atoms with van der Waals surface area (Å²) in [7, 11) is 0. The van der Waals surface area contributed by atoms with Gasteiger partial charge in [0.2, 0.25) is 0 Å². The number of rotatable bonds is 0. The Labute approximate surface area is 266 Å². The van der Waals surface area contributed by atoms with Crippen molar-refractivity contribution in [3.63, 3.8) is 0 Å². The van der Waals surface area contributed by atoms with Crippen molar-refractivity contribution in [2.45, 2.75) is 11.2 Å². The fourth-order valence-electron chi connectivity index (χ4n) is 4.95. The summed E-state index contributed by atoms with van der Waals surface area (Å²) in [5.41, 5.74) is -1.55. The van der Waals surface area contributed by atoms with Crippen molar-refractivity contribution in [1.29, 1.82) is 0 Å². The van der Waals surface area contributed by atoms with E-state index in [0.717, 1.165) is 32.7 Å². The van der Waals surface area contributed by atoms with Crippen molar-refractivity contribution in [3.8, 4) is 47.4 Å². The maximum absolute atomic E-state index is 11.2. The number of benzene rings is 4. The van der Waals surface area contributed by atoms with E-state index in [0.29, 0.717) is 23.0 Å². The lowest BCUT2D eigenvalue weighted by molar-refractivity contribution is 0.169. The number of aliphatic hydroxyl groups is 2. The highest BCUT2D eigenvalue weighted by atomic mass is 16.3. The standard InChI is InChI=1S/C42H24O4/c43-41(25-23-39-35-17-9-7-15-33(35)37(45-39)21-19-31-11-3-1-4-12-31)27-29-42(44,30-28-41)26-24-40-36-18-10-8-16-34(36)38(46-40)22-20-32-13-5-2-6-14-32/h1-18,27-30,43-44H. The van der Waals surface area contributed by atoms with Crippen molar-refractivity contribution in [2.75, 3.05) is 0 Å². The first-order valence-electron chi connectivity index (χ1n) is 14.6. The summed E-state index contributed by atoms with van der Waals surface area (Å²) in [6, 6.07) is 34.6. The molecule has 4 nitrogen and oxygen atoms in total. The summed E-state index contributed by atoms with van der Waals surface area (Å²) >= 11 is 0. The molecule has 0 spiro atoms. The van der Waals surface area contributed by atoms with Crippen LogP contribution in [0.25, 0.3) is 21.5 Å². The second kappa shape index (κ2) is 11.9. The minimum atomic E-state index is -1.64. The van der Waals surface area contributed by atoms with Crippen molar-refractivity contribution in [1.82, 2.24) is 0 Å². The lowest BCUT2D eigenvalue weighted by atomic mass is 9.90. The summed E-state index contributed by atoms with van der Waals surface area (Å²) < 4.78 is 12.1. The third-order valence-electron chi connectivity index (χ3n) is 7.36. The monoisotopic (exact) mass is 592 g/mol. The third kappa shape index (κ3) is 6.00. The van der Waals surface area contributed by atoms with Gasteiger partial charge in [0.15, 0.2) is 34.2 Å². The molecule has 0 radical (unpaired) electrons. The first-order chi connectivity index (χ1) is 22.5. The van der Waals surface area contributed by atoms with Crippen LogP contribution in [0.3, 0.4) is 0 Å². The van der Waals surface area contributed by atoms with Gasteiger partial charge in [-0.15, -0.1) is 0 Å². The Morgan fingerprint density at radius 1 is 0.370 bits per heavy atom. The fraction of sp³-hybridized carbons (Fsp3) is 0.0476. The largest absolute Gasteiger partial charge is 0.438 e. The van der Waals surface area contributed by atoms with Gasteiger partial charge < -0.3 is 19.0 Å². The summed E-state index contributed by atoms with van der Waals surface area (Å²) in [5, 5.41) is 25.6. The third-order valence-corrected chi connectivity index (χ3v) is 7.36. The molecule has 2 heterocycles. The smallest absolute Gasteiger partial charge is 0.186 e. The molecule has 2 N–H and O–H groups in total. The summed E-state index contributed by atoms with van der Waals surface area (Å²) in [5.74, 6) is 25.8. The first kappa shape index (κ1) is 28.4. The number of fused-ring (bicyclic) bond motifs is 2. The Morgan fingerprint density at radius 3 is 1.02 bits per heavy atom. The number of hydrogen-bond acceptors (Lipinski definition) is 4. The Morgan fingerprint density at radius 2 is 0.674 bits per heavy atom. The summed E-state index contributed by atoms with van der Waals surface area (Å²) in [6.45, 7) is 0. The van der Waals surface area contributed by atoms with E-state index >= 15 is 0 Å². The lowest BCUT2D eigenvalue weighted by Gasteiger charge is -2.23. The first-order valence-corrected chi connectivity index (χ1v) is 14.6. The predicted molar refractivity (Wildman–Crippen MR) is 179 cm³/mol. The average Bonchev–Trinajstić information content (AvgIpc) is 3.65. The van der Waals surface area contributed by atoms with Crippen LogP contribution in [0.2, 0.25) is 0 Å². The van der Waals surface area contributed by atoms with Crippen LogP contribution in [-0.2, 0) is 0 Å². The maximum atomic E-state index is 11.2. The zero-order valence-corrected chi connectivity index (χ0v) is 24.4. The predicted octanol–water partition coefficient (Wildman–Crippen LogP) is 6.97. The highest BCUT2D eigenvalue weighted by Gasteiger charge is 2.28. The molecule has 6 aromatic rings. The van der Waals surface area contributed by atoms with E-state index < -0.39 is 11.2 Å². The van der Waals surface area contributed by atoms with Gasteiger partial charge in [0.25, 0.3) is 0 Å². The average molecular weight is 593 g/mol. The Balaban J connectivity index is 1.14. The quantitative estimate of drug-likeness (QED) is 0.148. The Kier molecular flexibility index (Phi) is 7.37. The summed E-state index contributed by atoms with van der Waals surface area (Å²) in [4.78, 5) is 0. The van der Waals surface area contributed by atoms with Crippen LogP contribution in [0, 0.1) is 47.4 Å². The van der Waals surface area contributed by atoms with E-state index in [-0.39, 0.29) is 0 Å². The van der Waals surface area contributed by atoms with Crippen LogP contribution in [0.5, 0.6) is 0 Å². The van der Waals surface area contributed by atoms with Gasteiger partial charge in [-0.3, -0.25) is 0 Å². The molecule has 0 amide bonds. The Bertz CT molecular complexity index is 2220. The van der Waals surface area contributed by atoms with E-state index in [9.17, 15) is 10.2 Å². The topological polar surface area (TPSA) is 66.7 Å². The van der Waals surface area contributed by atoms with Crippen LogP contribution >= 0.6 is 0 Å². The van der Waals surface area contributed by atoms with Gasteiger partial charge >= 0.3 is 0 Å². The van der Waals surface area contributed by atoms with Crippen molar-refractivity contribution in [3.05, 3.63) is 168 Å². The molecular formula is C42H24O4. The minimum absolute atomic E-state index is 0.389. The summed E-state index contributed by atoms with van der Waals surface area (Å²) in [6.07, 6.45) is 5.64. The van der Waals surface area contributed by atoms with Crippen LogP contribution in [0.15, 0.2) is 142 Å². The van der Waals surface area contributed by atoms with Crippen molar-refractivity contribution in [2.24, 2.45) is 0 Å². The SMILES string of the molecule is OC1(C#Cc2oc(C#Cc3ccccc3)c3ccccc23)C=CC(O)(C#Cc2oc(C#Cc3ccccc3)c3ccccc23)C=C1. The molecule has 0 saturated carbocycles. The Hall–Kier alpha value is -6.40. The molecule has 0 saturated heterocycles.